The van der Waals surface area contributed by atoms with Gasteiger partial charge in [0.15, 0.2) is 0 Å². The summed E-state index contributed by atoms with van der Waals surface area (Å²) in [6.07, 6.45) is 0.457. The molecule has 1 aromatic rings. The smallest absolute Gasteiger partial charge is 0.311 e. The van der Waals surface area contributed by atoms with Crippen molar-refractivity contribution in [1.29, 1.82) is 0 Å². The van der Waals surface area contributed by atoms with Gasteiger partial charge < -0.3 is 19.5 Å². The number of fused-ring (bicyclic) bond motifs is 1. The quantitative estimate of drug-likeness (QED) is 0.884. The molecule has 1 N–H and O–H groups in total. The third kappa shape index (κ3) is 3.49. The fraction of sp³-hybridized carbons (Fsp3) is 0.579. The van der Waals surface area contributed by atoms with E-state index in [1.807, 2.05) is 0 Å². The molecular formula is C19H25NO5. The van der Waals surface area contributed by atoms with Crippen LogP contribution in [0.4, 0.5) is 0 Å². The van der Waals surface area contributed by atoms with Crippen molar-refractivity contribution in [2.75, 3.05) is 32.9 Å². The lowest BCUT2D eigenvalue weighted by Crippen LogP contribution is -2.45. The summed E-state index contributed by atoms with van der Waals surface area (Å²) in [7, 11) is 0. The van der Waals surface area contributed by atoms with Crippen molar-refractivity contribution < 1.29 is 24.2 Å². The number of carbonyl (C=O) groups is 2. The van der Waals surface area contributed by atoms with Gasteiger partial charge in [0.05, 0.1) is 18.6 Å². The molecule has 3 rings (SSSR count). The largest absolute Gasteiger partial charge is 0.493 e. The molecule has 136 valence electrons. The number of likely N-dealkylation sites (tertiary alicyclic amines) is 1. The highest BCUT2D eigenvalue weighted by Gasteiger charge is 2.54. The standard InChI is InChI=1S/C19H25NO5/c1-13(2)10-25-16-5-3-14(4-6-16)17(21)20-9-15-11-24-8-7-19(15,12-20)18(22)23/h3-6,13,15H,7-12H2,1-2H3,(H,22,23)/t15-,19+/m0/s1. The van der Waals surface area contributed by atoms with Crippen molar-refractivity contribution in [3.8, 4) is 5.75 Å². The minimum absolute atomic E-state index is 0.134. The topological polar surface area (TPSA) is 76.1 Å². The van der Waals surface area contributed by atoms with Gasteiger partial charge in [-0.15, -0.1) is 0 Å². The molecule has 2 aliphatic heterocycles. The molecule has 2 atom stereocenters. The summed E-state index contributed by atoms with van der Waals surface area (Å²) in [5.74, 6) is 0.0646. The van der Waals surface area contributed by atoms with Crippen LogP contribution in [-0.2, 0) is 9.53 Å². The summed E-state index contributed by atoms with van der Waals surface area (Å²) in [6, 6.07) is 7.05. The van der Waals surface area contributed by atoms with Crippen molar-refractivity contribution in [2.45, 2.75) is 20.3 Å². The SMILES string of the molecule is CC(C)COc1ccc(C(=O)N2C[C@H]3COCC[C@@]3(C(=O)O)C2)cc1. The summed E-state index contributed by atoms with van der Waals surface area (Å²) >= 11 is 0. The van der Waals surface area contributed by atoms with Crippen LogP contribution in [0.25, 0.3) is 0 Å². The summed E-state index contributed by atoms with van der Waals surface area (Å²) in [5.41, 5.74) is -0.314. The molecule has 0 radical (unpaired) electrons. The zero-order valence-corrected chi connectivity index (χ0v) is 14.7. The van der Waals surface area contributed by atoms with Gasteiger partial charge in [-0.25, -0.2) is 0 Å². The molecule has 2 fully saturated rings. The Morgan fingerprint density at radius 3 is 2.68 bits per heavy atom. The number of carboxylic acids is 1. The van der Waals surface area contributed by atoms with Crippen molar-refractivity contribution in [2.24, 2.45) is 17.3 Å². The van der Waals surface area contributed by atoms with Gasteiger partial charge in [0, 0.05) is 31.2 Å². The van der Waals surface area contributed by atoms with Gasteiger partial charge in [0.1, 0.15) is 5.75 Å². The Morgan fingerprint density at radius 1 is 1.36 bits per heavy atom. The zero-order valence-electron chi connectivity index (χ0n) is 14.7. The number of amides is 1. The lowest BCUT2D eigenvalue weighted by atomic mass is 9.74. The van der Waals surface area contributed by atoms with Crippen LogP contribution in [0.15, 0.2) is 24.3 Å². The lowest BCUT2D eigenvalue weighted by Gasteiger charge is -2.33. The minimum Gasteiger partial charge on any atom is -0.493 e. The Bertz CT molecular complexity index is 642. The highest BCUT2D eigenvalue weighted by Crippen LogP contribution is 2.42. The molecule has 0 aliphatic carbocycles. The molecule has 0 unspecified atom stereocenters. The summed E-state index contributed by atoms with van der Waals surface area (Å²) in [4.78, 5) is 26.3. The van der Waals surface area contributed by atoms with Crippen LogP contribution in [0, 0.1) is 17.3 Å². The predicted octanol–water partition coefficient (Wildman–Crippen LogP) is 2.28. The number of ether oxygens (including phenoxy) is 2. The van der Waals surface area contributed by atoms with Crippen LogP contribution in [0.3, 0.4) is 0 Å². The fourth-order valence-electron chi connectivity index (χ4n) is 3.59. The maximum Gasteiger partial charge on any atom is 0.311 e. The fourth-order valence-corrected chi connectivity index (χ4v) is 3.59. The molecule has 1 amide bonds. The number of rotatable bonds is 5. The maximum atomic E-state index is 12.8. The van der Waals surface area contributed by atoms with Crippen LogP contribution in [0.5, 0.6) is 5.75 Å². The van der Waals surface area contributed by atoms with Gasteiger partial charge in [-0.1, -0.05) is 13.8 Å². The first-order chi connectivity index (χ1) is 11.9. The van der Waals surface area contributed by atoms with Crippen LogP contribution >= 0.6 is 0 Å². The second-order valence-electron chi connectivity index (χ2n) is 7.40. The van der Waals surface area contributed by atoms with Crippen molar-refractivity contribution in [3.05, 3.63) is 29.8 Å². The monoisotopic (exact) mass is 347 g/mol. The molecule has 0 aromatic heterocycles. The number of hydrogen-bond acceptors (Lipinski definition) is 4. The van der Waals surface area contributed by atoms with E-state index < -0.39 is 11.4 Å². The second kappa shape index (κ2) is 7.04. The van der Waals surface area contributed by atoms with Gasteiger partial charge in [-0.3, -0.25) is 9.59 Å². The van der Waals surface area contributed by atoms with E-state index in [1.54, 1.807) is 29.2 Å². The first-order valence-corrected chi connectivity index (χ1v) is 8.75. The average molecular weight is 347 g/mol. The van der Waals surface area contributed by atoms with E-state index in [0.29, 0.717) is 44.3 Å². The van der Waals surface area contributed by atoms with E-state index in [4.69, 9.17) is 9.47 Å². The average Bonchev–Trinajstić information content (AvgIpc) is 3.01. The van der Waals surface area contributed by atoms with Crippen LogP contribution in [0.2, 0.25) is 0 Å². The van der Waals surface area contributed by atoms with Gasteiger partial charge in [-0.05, 0) is 36.6 Å². The number of carbonyl (C=O) groups excluding carboxylic acids is 1. The van der Waals surface area contributed by atoms with E-state index >= 15 is 0 Å². The number of hydrogen-bond donors (Lipinski definition) is 1. The van der Waals surface area contributed by atoms with E-state index in [0.717, 1.165) is 5.75 Å². The molecule has 0 bridgehead atoms. The van der Waals surface area contributed by atoms with Gasteiger partial charge in [-0.2, -0.15) is 0 Å². The van der Waals surface area contributed by atoms with E-state index in [2.05, 4.69) is 13.8 Å². The van der Waals surface area contributed by atoms with E-state index in [9.17, 15) is 14.7 Å². The number of aliphatic carboxylic acids is 1. The Labute approximate surface area is 147 Å². The Hall–Kier alpha value is -2.08. The Morgan fingerprint density at radius 2 is 2.08 bits per heavy atom. The zero-order chi connectivity index (χ0) is 18.0. The molecular weight excluding hydrogens is 322 g/mol. The molecule has 1 aromatic carbocycles. The van der Waals surface area contributed by atoms with E-state index in [-0.39, 0.29) is 18.4 Å². The summed E-state index contributed by atoms with van der Waals surface area (Å²) in [5, 5.41) is 9.70. The van der Waals surface area contributed by atoms with Crippen LogP contribution < -0.4 is 4.74 Å². The first-order valence-electron chi connectivity index (χ1n) is 8.75. The third-order valence-electron chi connectivity index (χ3n) is 5.10. The number of benzene rings is 1. The van der Waals surface area contributed by atoms with Crippen molar-refractivity contribution >= 4 is 11.9 Å². The predicted molar refractivity (Wildman–Crippen MR) is 91.7 cm³/mol. The second-order valence-corrected chi connectivity index (χ2v) is 7.40. The van der Waals surface area contributed by atoms with Crippen LogP contribution in [-0.4, -0.2) is 54.8 Å². The summed E-state index contributed by atoms with van der Waals surface area (Å²) < 4.78 is 11.1. The molecule has 2 heterocycles. The van der Waals surface area contributed by atoms with Crippen molar-refractivity contribution in [1.82, 2.24) is 4.90 Å². The molecule has 6 heteroatoms. The highest BCUT2D eigenvalue weighted by molar-refractivity contribution is 5.95. The molecule has 0 saturated carbocycles. The van der Waals surface area contributed by atoms with Gasteiger partial charge in [0.2, 0.25) is 0 Å². The molecule has 25 heavy (non-hydrogen) atoms. The maximum absolute atomic E-state index is 12.8. The Balaban J connectivity index is 1.70. The molecule has 6 nitrogen and oxygen atoms in total. The number of carboxylic acid groups (broad SMARTS) is 1. The first kappa shape index (κ1) is 17.7. The van der Waals surface area contributed by atoms with Crippen LogP contribution in [0.1, 0.15) is 30.6 Å². The molecule has 2 saturated heterocycles. The lowest BCUT2D eigenvalue weighted by molar-refractivity contribution is -0.157. The normalized spacial score (nSPS) is 25.7. The minimum atomic E-state index is -0.867. The Kier molecular flexibility index (Phi) is 4.99. The molecule has 2 aliphatic rings. The highest BCUT2D eigenvalue weighted by atomic mass is 16.5. The third-order valence-corrected chi connectivity index (χ3v) is 5.10. The van der Waals surface area contributed by atoms with Crippen molar-refractivity contribution in [3.63, 3.8) is 0 Å². The van der Waals surface area contributed by atoms with E-state index in [1.165, 1.54) is 0 Å². The number of nitrogens with zero attached hydrogens (tertiary/aromatic N) is 1. The van der Waals surface area contributed by atoms with Gasteiger partial charge in [0.25, 0.3) is 5.91 Å². The summed E-state index contributed by atoms with van der Waals surface area (Å²) in [6.45, 7) is 6.30. The van der Waals surface area contributed by atoms with Gasteiger partial charge >= 0.3 is 5.97 Å². The molecule has 0 spiro atoms.